The van der Waals surface area contributed by atoms with Gasteiger partial charge < -0.3 is 38.6 Å². The highest BCUT2D eigenvalue weighted by Gasteiger charge is 2.05. The van der Waals surface area contributed by atoms with Crippen molar-refractivity contribution in [3.8, 4) is 5.75 Å². The van der Waals surface area contributed by atoms with E-state index in [0.29, 0.717) is 65.2 Å². The van der Waals surface area contributed by atoms with E-state index >= 15 is 0 Å². The molecule has 150 valence electrons. The van der Waals surface area contributed by atoms with Gasteiger partial charge in [-0.15, -0.1) is 0 Å². The second-order valence-corrected chi connectivity index (χ2v) is 5.13. The first kappa shape index (κ1) is 22.8. The molecule has 0 heterocycles. The molecule has 0 saturated carbocycles. The summed E-state index contributed by atoms with van der Waals surface area (Å²) in [5.74, 6) is 0.596. The lowest BCUT2D eigenvalue weighted by Crippen LogP contribution is -2.23. The summed E-state index contributed by atoms with van der Waals surface area (Å²) in [5.41, 5.74) is 0. The summed E-state index contributed by atoms with van der Waals surface area (Å²) < 4.78 is 31.6. The van der Waals surface area contributed by atoms with Gasteiger partial charge in [0.25, 0.3) is 0 Å². The number of ether oxygens (including phenoxy) is 6. The van der Waals surface area contributed by atoms with Gasteiger partial charge >= 0.3 is 0 Å². The van der Waals surface area contributed by atoms with E-state index in [1.807, 2.05) is 18.2 Å². The van der Waals surface area contributed by atoms with Gasteiger partial charge in [0.2, 0.25) is 6.29 Å². The van der Waals surface area contributed by atoms with Gasteiger partial charge in [-0.2, -0.15) is 0 Å². The average molecular weight is 374 g/mol. The highest BCUT2D eigenvalue weighted by Crippen LogP contribution is 2.09. The molecule has 0 aliphatic carbocycles. The molecule has 1 aromatic rings. The van der Waals surface area contributed by atoms with Crippen LogP contribution in [0.1, 0.15) is 0 Å². The van der Waals surface area contributed by atoms with Crippen LogP contribution in [-0.4, -0.2) is 89.2 Å². The number of rotatable bonds is 18. The Balaban J connectivity index is 1.77. The number of benzene rings is 1. The van der Waals surface area contributed by atoms with E-state index in [-0.39, 0.29) is 13.2 Å². The SMILES string of the molecule is OCCOCCOCCOCCOCCOCC(O)Oc1ccccc1. The molecule has 0 saturated heterocycles. The third-order valence-corrected chi connectivity index (χ3v) is 3.00. The molecule has 2 N–H and O–H groups in total. The predicted molar refractivity (Wildman–Crippen MR) is 94.3 cm³/mol. The molecule has 8 heteroatoms. The average Bonchev–Trinajstić information content (AvgIpc) is 2.65. The number of aliphatic hydroxyl groups excluding tert-OH is 2. The normalized spacial score (nSPS) is 12.2. The zero-order valence-electron chi connectivity index (χ0n) is 15.1. The summed E-state index contributed by atoms with van der Waals surface area (Å²) in [6, 6.07) is 9.07. The van der Waals surface area contributed by atoms with E-state index in [1.54, 1.807) is 12.1 Å². The third-order valence-electron chi connectivity index (χ3n) is 3.00. The lowest BCUT2D eigenvalue weighted by Gasteiger charge is -2.13. The quantitative estimate of drug-likeness (QED) is 0.283. The maximum atomic E-state index is 9.67. The van der Waals surface area contributed by atoms with E-state index in [4.69, 9.17) is 33.5 Å². The Labute approximate surface area is 154 Å². The number of hydrogen-bond donors (Lipinski definition) is 2. The second kappa shape index (κ2) is 17.2. The van der Waals surface area contributed by atoms with E-state index in [0.717, 1.165) is 0 Å². The molecule has 1 unspecified atom stereocenters. The lowest BCUT2D eigenvalue weighted by atomic mass is 10.3. The molecule has 1 rings (SSSR count). The lowest BCUT2D eigenvalue weighted by molar-refractivity contribution is -0.0860. The first-order valence-corrected chi connectivity index (χ1v) is 8.72. The van der Waals surface area contributed by atoms with Gasteiger partial charge in [0, 0.05) is 0 Å². The van der Waals surface area contributed by atoms with Crippen LogP contribution in [0.2, 0.25) is 0 Å². The van der Waals surface area contributed by atoms with E-state index in [9.17, 15) is 5.11 Å². The van der Waals surface area contributed by atoms with Gasteiger partial charge in [-0.1, -0.05) is 18.2 Å². The maximum absolute atomic E-state index is 9.67. The largest absolute Gasteiger partial charge is 0.463 e. The van der Waals surface area contributed by atoms with E-state index < -0.39 is 6.29 Å². The number of aliphatic hydroxyl groups is 2. The van der Waals surface area contributed by atoms with Crippen molar-refractivity contribution in [2.24, 2.45) is 0 Å². The summed E-state index contributed by atoms with van der Waals surface area (Å²) in [5, 5.41) is 18.2. The summed E-state index contributed by atoms with van der Waals surface area (Å²) >= 11 is 0. The summed E-state index contributed by atoms with van der Waals surface area (Å²) in [4.78, 5) is 0. The van der Waals surface area contributed by atoms with Crippen molar-refractivity contribution in [2.45, 2.75) is 6.29 Å². The first-order valence-electron chi connectivity index (χ1n) is 8.72. The Morgan fingerprint density at radius 1 is 0.654 bits per heavy atom. The van der Waals surface area contributed by atoms with E-state index in [2.05, 4.69) is 0 Å². The predicted octanol–water partition coefficient (Wildman–Crippen LogP) is 0.459. The first-order chi connectivity index (χ1) is 12.8. The van der Waals surface area contributed by atoms with Crippen molar-refractivity contribution in [1.29, 1.82) is 0 Å². The minimum Gasteiger partial charge on any atom is -0.463 e. The van der Waals surface area contributed by atoms with Crippen LogP contribution in [0.3, 0.4) is 0 Å². The molecule has 0 spiro atoms. The molecular weight excluding hydrogens is 344 g/mol. The van der Waals surface area contributed by atoms with Gasteiger partial charge in [-0.3, -0.25) is 0 Å². The Bertz CT molecular complexity index is 403. The van der Waals surface area contributed by atoms with Gasteiger partial charge in [-0.05, 0) is 12.1 Å². The van der Waals surface area contributed by atoms with Gasteiger partial charge in [0.05, 0.1) is 66.1 Å². The van der Waals surface area contributed by atoms with Crippen LogP contribution in [-0.2, 0) is 23.7 Å². The van der Waals surface area contributed by atoms with E-state index in [1.165, 1.54) is 0 Å². The Morgan fingerprint density at radius 2 is 1.12 bits per heavy atom. The zero-order valence-corrected chi connectivity index (χ0v) is 15.1. The maximum Gasteiger partial charge on any atom is 0.221 e. The van der Waals surface area contributed by atoms with Gasteiger partial charge in [0.15, 0.2) is 0 Å². The summed E-state index contributed by atoms with van der Waals surface area (Å²) in [6.07, 6.45) is -1.00. The zero-order chi connectivity index (χ0) is 18.7. The molecule has 26 heavy (non-hydrogen) atoms. The molecule has 0 amide bonds. The Morgan fingerprint density at radius 3 is 1.62 bits per heavy atom. The molecule has 1 atom stereocenters. The van der Waals surface area contributed by atoms with Crippen molar-refractivity contribution in [3.05, 3.63) is 30.3 Å². The minimum atomic E-state index is -1.00. The molecule has 0 aliphatic heterocycles. The molecule has 0 aliphatic rings. The fraction of sp³-hybridized carbons (Fsp3) is 0.667. The van der Waals surface area contributed by atoms with Crippen LogP contribution < -0.4 is 4.74 Å². The van der Waals surface area contributed by atoms with Gasteiger partial charge in [0.1, 0.15) is 12.4 Å². The summed E-state index contributed by atoms with van der Waals surface area (Å²) in [6.45, 7) is 4.09. The molecule has 1 aromatic carbocycles. The molecule has 0 radical (unpaired) electrons. The minimum absolute atomic E-state index is 0.0240. The van der Waals surface area contributed by atoms with Crippen LogP contribution in [0.4, 0.5) is 0 Å². The van der Waals surface area contributed by atoms with Crippen molar-refractivity contribution < 1.29 is 38.6 Å². The highest BCUT2D eigenvalue weighted by atomic mass is 16.6. The second-order valence-electron chi connectivity index (χ2n) is 5.13. The van der Waals surface area contributed by atoms with Crippen LogP contribution in [0.25, 0.3) is 0 Å². The van der Waals surface area contributed by atoms with Crippen LogP contribution in [0.5, 0.6) is 5.75 Å². The van der Waals surface area contributed by atoms with Gasteiger partial charge in [-0.25, -0.2) is 0 Å². The molecule has 0 bridgehead atoms. The fourth-order valence-corrected chi connectivity index (χ4v) is 1.82. The molecule has 8 nitrogen and oxygen atoms in total. The van der Waals surface area contributed by atoms with Crippen molar-refractivity contribution in [1.82, 2.24) is 0 Å². The molecular formula is C18H30O8. The fourth-order valence-electron chi connectivity index (χ4n) is 1.82. The van der Waals surface area contributed by atoms with Crippen molar-refractivity contribution in [2.75, 3.05) is 72.7 Å². The van der Waals surface area contributed by atoms with Crippen molar-refractivity contribution in [3.63, 3.8) is 0 Å². The number of para-hydroxylation sites is 1. The monoisotopic (exact) mass is 374 g/mol. The third kappa shape index (κ3) is 14.0. The molecule has 0 fully saturated rings. The van der Waals surface area contributed by atoms with Crippen LogP contribution in [0, 0.1) is 0 Å². The Hall–Kier alpha value is -1.26. The van der Waals surface area contributed by atoms with Crippen molar-refractivity contribution >= 4 is 0 Å². The summed E-state index contributed by atoms with van der Waals surface area (Å²) in [7, 11) is 0. The topological polar surface area (TPSA) is 95.8 Å². The Kier molecular flexibility index (Phi) is 15.0. The number of hydrogen-bond acceptors (Lipinski definition) is 8. The molecule has 0 aromatic heterocycles. The van der Waals surface area contributed by atoms with Crippen LogP contribution >= 0.6 is 0 Å². The highest BCUT2D eigenvalue weighted by molar-refractivity contribution is 5.20. The van der Waals surface area contributed by atoms with Crippen LogP contribution in [0.15, 0.2) is 30.3 Å². The standard InChI is InChI=1S/C18H30O8/c19-6-7-21-8-9-22-10-11-23-12-13-24-14-15-25-16-18(20)26-17-4-2-1-3-5-17/h1-5,18-20H,6-16H2. The smallest absolute Gasteiger partial charge is 0.221 e.